The number of hydrogen-bond acceptors (Lipinski definition) is 3. The molecule has 0 aliphatic carbocycles. The molecule has 1 atom stereocenters. The van der Waals surface area contributed by atoms with E-state index in [9.17, 15) is 8.60 Å². The molecular weight excluding hydrogens is 357 g/mol. The quantitative estimate of drug-likeness (QED) is 0.697. The monoisotopic (exact) mass is 367 g/mol. The number of anilines is 1. The first-order valence-corrected chi connectivity index (χ1v) is 8.21. The molecule has 1 heterocycles. The zero-order valence-electron chi connectivity index (χ0n) is 10.8. The number of nitrogens with zero attached hydrogens (tertiary/aromatic N) is 1. The van der Waals surface area contributed by atoms with Gasteiger partial charge in [0.05, 0.1) is 27.6 Å². The van der Waals surface area contributed by atoms with E-state index in [4.69, 9.17) is 5.73 Å². The van der Waals surface area contributed by atoms with Gasteiger partial charge in [-0.1, -0.05) is 15.9 Å². The van der Waals surface area contributed by atoms with Crippen LogP contribution in [0, 0.1) is 5.82 Å². The second-order valence-corrected chi connectivity index (χ2v) is 6.83. The van der Waals surface area contributed by atoms with Gasteiger partial charge < -0.3 is 10.7 Å². The lowest BCUT2D eigenvalue weighted by Gasteiger charge is -2.02. The molecule has 0 amide bonds. The molecule has 1 unspecified atom stereocenters. The molecule has 0 aliphatic rings. The Bertz CT molecular complexity index is 849. The smallest absolute Gasteiger partial charge is 0.197 e. The van der Waals surface area contributed by atoms with Crippen LogP contribution in [0.25, 0.3) is 11.0 Å². The van der Waals surface area contributed by atoms with Crippen molar-refractivity contribution in [2.45, 2.75) is 10.9 Å². The second kappa shape index (κ2) is 5.57. The van der Waals surface area contributed by atoms with Crippen molar-refractivity contribution >= 4 is 43.5 Å². The Morgan fingerprint density at radius 1 is 1.29 bits per heavy atom. The Balaban J connectivity index is 1.91. The van der Waals surface area contributed by atoms with Crippen molar-refractivity contribution in [3.8, 4) is 0 Å². The van der Waals surface area contributed by atoms with Crippen molar-refractivity contribution in [3.63, 3.8) is 0 Å². The third-order valence-corrected chi connectivity index (χ3v) is 4.69. The van der Waals surface area contributed by atoms with E-state index in [1.165, 1.54) is 6.07 Å². The maximum absolute atomic E-state index is 13.7. The number of rotatable bonds is 3. The first kappa shape index (κ1) is 14.2. The summed E-state index contributed by atoms with van der Waals surface area (Å²) < 4.78 is 26.8. The summed E-state index contributed by atoms with van der Waals surface area (Å²) in [5, 5.41) is 0.315. The van der Waals surface area contributed by atoms with Crippen LogP contribution in [0.3, 0.4) is 0 Å². The fraction of sp³-hybridized carbons (Fsp3) is 0.0714. The molecule has 0 saturated carbocycles. The molecule has 0 saturated heterocycles. The Kier molecular flexibility index (Phi) is 3.77. The van der Waals surface area contributed by atoms with E-state index in [0.717, 1.165) is 4.47 Å². The van der Waals surface area contributed by atoms with Crippen LogP contribution in [0.4, 0.5) is 10.1 Å². The standard InChI is InChI=1S/C14H11BrFN3OS/c15-9-1-3-11(16)8(5-9)7-21(20)14-18-12-4-2-10(17)6-13(12)19-14/h1-6H,7,17H2,(H,18,19). The fourth-order valence-electron chi connectivity index (χ4n) is 1.98. The largest absolute Gasteiger partial charge is 0.399 e. The van der Waals surface area contributed by atoms with Crippen molar-refractivity contribution < 1.29 is 8.60 Å². The molecule has 0 fully saturated rings. The third kappa shape index (κ3) is 2.98. The van der Waals surface area contributed by atoms with Gasteiger partial charge in [-0.2, -0.15) is 0 Å². The lowest BCUT2D eigenvalue weighted by atomic mass is 10.2. The molecule has 108 valence electrons. The van der Waals surface area contributed by atoms with E-state index < -0.39 is 10.8 Å². The summed E-state index contributed by atoms with van der Waals surface area (Å²) in [7, 11) is -1.46. The molecule has 3 rings (SSSR count). The molecule has 0 radical (unpaired) electrons. The minimum Gasteiger partial charge on any atom is -0.399 e. The van der Waals surface area contributed by atoms with Crippen LogP contribution in [-0.2, 0) is 16.6 Å². The number of imidazole rings is 1. The van der Waals surface area contributed by atoms with Crippen LogP contribution in [0.5, 0.6) is 0 Å². The van der Waals surface area contributed by atoms with Gasteiger partial charge in [0.25, 0.3) is 0 Å². The molecule has 3 N–H and O–H groups in total. The fourth-order valence-corrected chi connectivity index (χ4v) is 3.45. The molecule has 0 bridgehead atoms. The summed E-state index contributed by atoms with van der Waals surface area (Å²) in [6.45, 7) is 0. The van der Waals surface area contributed by atoms with E-state index in [1.807, 2.05) is 0 Å². The molecule has 21 heavy (non-hydrogen) atoms. The summed E-state index contributed by atoms with van der Waals surface area (Å²) in [4.78, 5) is 7.22. The van der Waals surface area contributed by atoms with E-state index in [1.54, 1.807) is 30.3 Å². The normalized spacial score (nSPS) is 12.7. The highest BCUT2D eigenvalue weighted by Gasteiger charge is 2.13. The zero-order valence-corrected chi connectivity index (χ0v) is 13.2. The topological polar surface area (TPSA) is 71.8 Å². The first-order chi connectivity index (χ1) is 10.0. The van der Waals surface area contributed by atoms with Gasteiger partial charge in [0.1, 0.15) is 5.82 Å². The van der Waals surface area contributed by atoms with Crippen LogP contribution in [0.15, 0.2) is 46.0 Å². The second-order valence-electron chi connectivity index (χ2n) is 4.54. The van der Waals surface area contributed by atoms with Crippen LogP contribution >= 0.6 is 15.9 Å². The average molecular weight is 368 g/mol. The van der Waals surface area contributed by atoms with E-state index in [-0.39, 0.29) is 11.6 Å². The molecule has 7 heteroatoms. The van der Waals surface area contributed by atoms with E-state index >= 15 is 0 Å². The maximum Gasteiger partial charge on any atom is 0.197 e. The number of aromatic amines is 1. The van der Waals surface area contributed by atoms with Gasteiger partial charge in [0, 0.05) is 15.7 Å². The Hall–Kier alpha value is -1.73. The average Bonchev–Trinajstić information content (AvgIpc) is 2.86. The Labute approximate surface area is 131 Å². The number of fused-ring (bicyclic) bond motifs is 1. The number of H-pyrrole nitrogens is 1. The van der Waals surface area contributed by atoms with Gasteiger partial charge in [-0.05, 0) is 36.4 Å². The number of benzene rings is 2. The molecule has 3 aromatic rings. The lowest BCUT2D eigenvalue weighted by Crippen LogP contribution is -2.00. The molecule has 0 spiro atoms. The predicted molar refractivity (Wildman–Crippen MR) is 84.7 cm³/mol. The Morgan fingerprint density at radius 3 is 2.90 bits per heavy atom. The summed E-state index contributed by atoms with van der Waals surface area (Å²) >= 11 is 3.28. The number of hydrogen-bond donors (Lipinski definition) is 2. The molecule has 0 aliphatic heterocycles. The summed E-state index contributed by atoms with van der Waals surface area (Å²) in [6.07, 6.45) is 0. The van der Waals surface area contributed by atoms with Gasteiger partial charge in [0.15, 0.2) is 5.16 Å². The van der Waals surface area contributed by atoms with Crippen molar-refractivity contribution in [3.05, 3.63) is 52.3 Å². The summed E-state index contributed by atoms with van der Waals surface area (Å²) in [5.74, 6) is -0.326. The third-order valence-electron chi connectivity index (χ3n) is 2.99. The number of aromatic nitrogens is 2. The minimum absolute atomic E-state index is 0.0561. The number of nitrogens with two attached hydrogens (primary N) is 1. The highest BCUT2D eigenvalue weighted by atomic mass is 79.9. The van der Waals surface area contributed by atoms with Crippen molar-refractivity contribution in [1.82, 2.24) is 9.97 Å². The van der Waals surface area contributed by atoms with Gasteiger partial charge in [-0.25, -0.2) is 9.37 Å². The highest BCUT2D eigenvalue weighted by Crippen LogP contribution is 2.21. The van der Waals surface area contributed by atoms with Gasteiger partial charge in [-0.15, -0.1) is 0 Å². The Morgan fingerprint density at radius 2 is 2.10 bits per heavy atom. The van der Waals surface area contributed by atoms with Crippen LogP contribution < -0.4 is 5.73 Å². The summed E-state index contributed by atoms with van der Waals surface area (Å²) in [5.41, 5.74) is 8.07. The number of halogens is 2. The zero-order chi connectivity index (χ0) is 15.0. The van der Waals surface area contributed by atoms with Crippen LogP contribution in [0.2, 0.25) is 0 Å². The van der Waals surface area contributed by atoms with Gasteiger partial charge in [-0.3, -0.25) is 4.21 Å². The van der Waals surface area contributed by atoms with Gasteiger partial charge in [0.2, 0.25) is 0 Å². The lowest BCUT2D eigenvalue weighted by molar-refractivity contribution is 0.614. The molecular formula is C14H11BrFN3OS. The van der Waals surface area contributed by atoms with Crippen molar-refractivity contribution in [1.29, 1.82) is 0 Å². The predicted octanol–water partition coefficient (Wildman–Crippen LogP) is 3.35. The highest BCUT2D eigenvalue weighted by molar-refractivity contribution is 9.10. The van der Waals surface area contributed by atoms with E-state index in [2.05, 4.69) is 25.9 Å². The molecule has 2 aromatic carbocycles. The SMILES string of the molecule is Nc1ccc2nc(S(=O)Cc3cc(Br)ccc3F)[nH]c2c1. The maximum atomic E-state index is 13.7. The number of nitrogens with one attached hydrogen (secondary N) is 1. The van der Waals surface area contributed by atoms with E-state index in [0.29, 0.717) is 27.4 Å². The molecule has 4 nitrogen and oxygen atoms in total. The summed E-state index contributed by atoms with van der Waals surface area (Å²) in [6, 6.07) is 9.77. The number of nitrogen functional groups attached to an aromatic ring is 1. The molecule has 1 aromatic heterocycles. The van der Waals surface area contributed by atoms with Gasteiger partial charge >= 0.3 is 0 Å². The minimum atomic E-state index is -1.46. The van der Waals surface area contributed by atoms with Crippen LogP contribution in [0.1, 0.15) is 5.56 Å². The first-order valence-electron chi connectivity index (χ1n) is 6.10. The van der Waals surface area contributed by atoms with Crippen LogP contribution in [-0.4, -0.2) is 14.2 Å². The van der Waals surface area contributed by atoms with Crippen molar-refractivity contribution in [2.24, 2.45) is 0 Å². The van der Waals surface area contributed by atoms with Crippen molar-refractivity contribution in [2.75, 3.05) is 5.73 Å².